The van der Waals surface area contributed by atoms with E-state index in [9.17, 15) is 4.79 Å². The molecule has 4 heteroatoms. The molecule has 0 bridgehead atoms. The number of aromatic nitrogens is 1. The van der Waals surface area contributed by atoms with Crippen LogP contribution < -0.4 is 5.32 Å². The molecule has 0 fully saturated rings. The Kier molecular flexibility index (Phi) is 3.77. The Balaban J connectivity index is 1.79. The molecule has 0 spiro atoms. The van der Waals surface area contributed by atoms with Crippen LogP contribution in [0.2, 0.25) is 0 Å². The van der Waals surface area contributed by atoms with E-state index in [2.05, 4.69) is 43.2 Å². The first-order valence-electron chi connectivity index (χ1n) is 7.80. The lowest BCUT2D eigenvalue weighted by molar-refractivity contribution is -0.120. The number of anilines is 1. The molecular formula is C18H22N2O2. The minimum Gasteiger partial charge on any atom is -0.440 e. The Morgan fingerprint density at radius 1 is 1.32 bits per heavy atom. The number of amides is 1. The van der Waals surface area contributed by atoms with E-state index in [1.807, 2.05) is 18.2 Å². The molecule has 1 unspecified atom stereocenters. The van der Waals surface area contributed by atoms with E-state index in [1.54, 1.807) is 0 Å². The third-order valence-electron chi connectivity index (χ3n) is 3.94. The SMILES string of the molecule is CC(C)(C)c1nc2cc(NC(=O)C3CC=CCC3)ccc2o1. The van der Waals surface area contributed by atoms with Gasteiger partial charge in [0.25, 0.3) is 0 Å². The summed E-state index contributed by atoms with van der Waals surface area (Å²) in [5.74, 6) is 0.870. The molecule has 0 radical (unpaired) electrons. The summed E-state index contributed by atoms with van der Waals surface area (Å²) in [5.41, 5.74) is 2.19. The van der Waals surface area contributed by atoms with Gasteiger partial charge in [0, 0.05) is 17.0 Å². The Morgan fingerprint density at radius 3 is 2.82 bits per heavy atom. The number of rotatable bonds is 2. The van der Waals surface area contributed by atoms with Crippen LogP contribution in [0.15, 0.2) is 34.8 Å². The largest absolute Gasteiger partial charge is 0.440 e. The maximum Gasteiger partial charge on any atom is 0.227 e. The van der Waals surface area contributed by atoms with Crippen molar-refractivity contribution in [1.29, 1.82) is 0 Å². The van der Waals surface area contributed by atoms with Crippen LogP contribution in [0.3, 0.4) is 0 Å². The Bertz CT molecular complexity index is 722. The molecule has 1 N–H and O–H groups in total. The lowest BCUT2D eigenvalue weighted by Gasteiger charge is -2.17. The molecule has 3 rings (SSSR count). The highest BCUT2D eigenvalue weighted by Crippen LogP contribution is 2.28. The zero-order valence-electron chi connectivity index (χ0n) is 13.3. The van der Waals surface area contributed by atoms with Gasteiger partial charge in [-0.05, 0) is 37.5 Å². The van der Waals surface area contributed by atoms with Gasteiger partial charge in [0.15, 0.2) is 5.58 Å². The van der Waals surface area contributed by atoms with Crippen LogP contribution in [0.1, 0.15) is 45.9 Å². The molecule has 1 aromatic carbocycles. The predicted octanol–water partition coefficient (Wildman–Crippen LogP) is 4.42. The van der Waals surface area contributed by atoms with Gasteiger partial charge in [-0.3, -0.25) is 4.79 Å². The van der Waals surface area contributed by atoms with Crippen molar-refractivity contribution < 1.29 is 9.21 Å². The van der Waals surface area contributed by atoms with Gasteiger partial charge in [-0.15, -0.1) is 0 Å². The number of nitrogens with one attached hydrogen (secondary N) is 1. The van der Waals surface area contributed by atoms with Crippen molar-refractivity contribution in [2.75, 3.05) is 5.32 Å². The number of hydrogen-bond acceptors (Lipinski definition) is 3. The average Bonchev–Trinajstić information content (AvgIpc) is 2.91. The predicted molar refractivity (Wildman–Crippen MR) is 87.8 cm³/mol. The summed E-state index contributed by atoms with van der Waals surface area (Å²) >= 11 is 0. The van der Waals surface area contributed by atoms with Gasteiger partial charge in [0.05, 0.1) is 0 Å². The highest BCUT2D eigenvalue weighted by molar-refractivity contribution is 5.94. The Hall–Kier alpha value is -2.10. The molecule has 1 aromatic heterocycles. The highest BCUT2D eigenvalue weighted by atomic mass is 16.3. The molecule has 2 aromatic rings. The van der Waals surface area contributed by atoms with E-state index < -0.39 is 0 Å². The van der Waals surface area contributed by atoms with Crippen molar-refractivity contribution in [3.63, 3.8) is 0 Å². The summed E-state index contributed by atoms with van der Waals surface area (Å²) in [7, 11) is 0. The van der Waals surface area contributed by atoms with E-state index >= 15 is 0 Å². The van der Waals surface area contributed by atoms with Crippen LogP contribution in [0.4, 0.5) is 5.69 Å². The summed E-state index contributed by atoms with van der Waals surface area (Å²) in [6.07, 6.45) is 6.95. The fourth-order valence-electron chi connectivity index (χ4n) is 2.60. The Morgan fingerprint density at radius 2 is 2.14 bits per heavy atom. The molecular weight excluding hydrogens is 276 g/mol. The molecule has 0 saturated carbocycles. The monoisotopic (exact) mass is 298 g/mol. The van der Waals surface area contributed by atoms with Gasteiger partial charge in [0.2, 0.25) is 11.8 Å². The summed E-state index contributed by atoms with van der Waals surface area (Å²) in [6, 6.07) is 5.62. The van der Waals surface area contributed by atoms with Crippen LogP contribution in [0.25, 0.3) is 11.1 Å². The van der Waals surface area contributed by atoms with E-state index in [1.165, 1.54) is 0 Å². The van der Waals surface area contributed by atoms with Crippen LogP contribution in [-0.2, 0) is 10.2 Å². The van der Waals surface area contributed by atoms with Crippen LogP contribution in [0, 0.1) is 5.92 Å². The molecule has 1 aliphatic carbocycles. The lowest BCUT2D eigenvalue weighted by atomic mass is 9.93. The second kappa shape index (κ2) is 5.59. The minimum absolute atomic E-state index is 0.0724. The average molecular weight is 298 g/mol. The number of benzene rings is 1. The summed E-state index contributed by atoms with van der Waals surface area (Å²) in [4.78, 5) is 16.8. The molecule has 1 atom stereocenters. The van der Waals surface area contributed by atoms with Gasteiger partial charge < -0.3 is 9.73 Å². The van der Waals surface area contributed by atoms with E-state index in [0.717, 1.165) is 36.0 Å². The molecule has 4 nitrogen and oxygen atoms in total. The summed E-state index contributed by atoms with van der Waals surface area (Å²) < 4.78 is 5.78. The van der Waals surface area contributed by atoms with Crippen molar-refractivity contribution in [2.45, 2.75) is 45.4 Å². The van der Waals surface area contributed by atoms with E-state index in [4.69, 9.17) is 4.42 Å². The number of carbonyl (C=O) groups excluding carboxylic acids is 1. The molecule has 1 heterocycles. The Labute approximate surface area is 130 Å². The van der Waals surface area contributed by atoms with Crippen molar-refractivity contribution in [3.8, 4) is 0 Å². The number of allylic oxidation sites excluding steroid dienone is 2. The number of hydrogen-bond donors (Lipinski definition) is 1. The van der Waals surface area contributed by atoms with Gasteiger partial charge in [-0.2, -0.15) is 0 Å². The highest BCUT2D eigenvalue weighted by Gasteiger charge is 2.22. The quantitative estimate of drug-likeness (QED) is 0.835. The lowest BCUT2D eigenvalue weighted by Crippen LogP contribution is -2.23. The normalized spacial score (nSPS) is 18.6. The number of fused-ring (bicyclic) bond motifs is 1. The minimum atomic E-state index is -0.128. The first kappa shape index (κ1) is 14.8. The van der Waals surface area contributed by atoms with Gasteiger partial charge >= 0.3 is 0 Å². The number of carbonyl (C=O) groups is 1. The molecule has 1 aliphatic rings. The fraction of sp³-hybridized carbons (Fsp3) is 0.444. The van der Waals surface area contributed by atoms with Crippen LogP contribution in [-0.4, -0.2) is 10.9 Å². The first-order chi connectivity index (χ1) is 10.4. The van der Waals surface area contributed by atoms with Gasteiger partial charge in [0.1, 0.15) is 5.52 Å². The standard InChI is InChI=1S/C18H22N2O2/c1-18(2,3)17-20-14-11-13(9-10-15(14)22-17)19-16(21)12-7-5-4-6-8-12/h4-5,9-12H,6-8H2,1-3H3,(H,19,21). The zero-order valence-corrected chi connectivity index (χ0v) is 13.3. The maximum atomic E-state index is 12.3. The summed E-state index contributed by atoms with van der Waals surface area (Å²) in [5, 5.41) is 3.00. The third-order valence-corrected chi connectivity index (χ3v) is 3.94. The molecule has 0 saturated heterocycles. The molecule has 116 valence electrons. The van der Waals surface area contributed by atoms with E-state index in [0.29, 0.717) is 5.89 Å². The second-order valence-electron chi connectivity index (χ2n) is 6.92. The van der Waals surface area contributed by atoms with Crippen LogP contribution in [0.5, 0.6) is 0 Å². The number of oxazole rings is 1. The smallest absolute Gasteiger partial charge is 0.227 e. The molecule has 0 aliphatic heterocycles. The molecule has 22 heavy (non-hydrogen) atoms. The van der Waals surface area contributed by atoms with Crippen molar-refractivity contribution in [1.82, 2.24) is 4.98 Å². The maximum absolute atomic E-state index is 12.3. The van der Waals surface area contributed by atoms with E-state index in [-0.39, 0.29) is 17.2 Å². The van der Waals surface area contributed by atoms with Crippen molar-refractivity contribution >= 4 is 22.7 Å². The second-order valence-corrected chi connectivity index (χ2v) is 6.92. The summed E-state index contributed by atoms with van der Waals surface area (Å²) in [6.45, 7) is 6.20. The zero-order chi connectivity index (χ0) is 15.7. The van der Waals surface area contributed by atoms with Gasteiger partial charge in [-0.25, -0.2) is 4.98 Å². The van der Waals surface area contributed by atoms with Crippen LogP contribution >= 0.6 is 0 Å². The van der Waals surface area contributed by atoms with Gasteiger partial charge in [-0.1, -0.05) is 32.9 Å². The molecule has 1 amide bonds. The van der Waals surface area contributed by atoms with Crippen molar-refractivity contribution in [2.24, 2.45) is 5.92 Å². The first-order valence-corrected chi connectivity index (χ1v) is 7.80. The third kappa shape index (κ3) is 3.06. The number of nitrogens with zero attached hydrogens (tertiary/aromatic N) is 1. The van der Waals surface area contributed by atoms with Crippen molar-refractivity contribution in [3.05, 3.63) is 36.2 Å². The fourth-order valence-corrected chi connectivity index (χ4v) is 2.60. The topological polar surface area (TPSA) is 55.1 Å².